The van der Waals surface area contributed by atoms with Crippen LogP contribution >= 0.6 is 11.6 Å². The molecule has 1 fully saturated rings. The Labute approximate surface area is 128 Å². The van der Waals surface area contributed by atoms with Gasteiger partial charge in [-0.25, -0.2) is 4.39 Å². The molecule has 1 saturated heterocycles. The lowest BCUT2D eigenvalue weighted by atomic mass is 10.0. The second-order valence-corrected chi connectivity index (χ2v) is 6.12. The van der Waals surface area contributed by atoms with Gasteiger partial charge in [-0.05, 0) is 24.5 Å². The number of rotatable bonds is 4. The van der Waals surface area contributed by atoms with Crippen molar-refractivity contribution in [2.75, 3.05) is 6.54 Å². The molecular weight excluding hydrogens is 295 g/mol. The number of nitrogens with zero attached hydrogens (tertiary/aromatic N) is 1. The van der Waals surface area contributed by atoms with E-state index in [1.807, 2.05) is 13.8 Å². The summed E-state index contributed by atoms with van der Waals surface area (Å²) < 4.78 is 13.8. The monoisotopic (exact) mass is 312 g/mol. The zero-order valence-corrected chi connectivity index (χ0v) is 12.8. The maximum absolute atomic E-state index is 13.8. The van der Waals surface area contributed by atoms with Crippen LogP contribution in [0.1, 0.15) is 25.8 Å². The fourth-order valence-corrected chi connectivity index (χ4v) is 2.55. The van der Waals surface area contributed by atoms with Crippen molar-refractivity contribution in [3.8, 4) is 0 Å². The van der Waals surface area contributed by atoms with E-state index in [9.17, 15) is 14.0 Å². The average Bonchev–Trinajstić information content (AvgIpc) is 2.37. The molecule has 21 heavy (non-hydrogen) atoms. The maximum atomic E-state index is 13.8. The molecule has 0 bridgehead atoms. The van der Waals surface area contributed by atoms with Crippen molar-refractivity contribution in [3.63, 3.8) is 0 Å². The Morgan fingerprint density at radius 3 is 2.76 bits per heavy atom. The van der Waals surface area contributed by atoms with Crippen LogP contribution in [-0.4, -0.2) is 29.3 Å². The van der Waals surface area contributed by atoms with Gasteiger partial charge in [-0.3, -0.25) is 9.59 Å². The molecule has 0 radical (unpaired) electrons. The molecule has 2 amide bonds. The Morgan fingerprint density at radius 1 is 1.43 bits per heavy atom. The number of carbonyl (C=O) groups excluding carboxylic acids is 2. The third kappa shape index (κ3) is 3.94. The van der Waals surface area contributed by atoms with Crippen molar-refractivity contribution in [3.05, 3.63) is 34.6 Å². The molecule has 0 aliphatic carbocycles. The molecule has 0 aromatic heterocycles. The van der Waals surface area contributed by atoms with Crippen LogP contribution in [0.5, 0.6) is 0 Å². The Bertz CT molecular complexity index is 563. The topological polar surface area (TPSA) is 49.4 Å². The summed E-state index contributed by atoms with van der Waals surface area (Å²) in [6.45, 7) is 3.99. The van der Waals surface area contributed by atoms with Gasteiger partial charge in [0.1, 0.15) is 11.9 Å². The van der Waals surface area contributed by atoms with Crippen LogP contribution in [0.3, 0.4) is 0 Å². The maximum Gasteiger partial charge on any atom is 0.245 e. The summed E-state index contributed by atoms with van der Waals surface area (Å²) in [5.74, 6) is -0.569. The molecular formula is C15H18ClFN2O2. The number of hydrogen-bond acceptors (Lipinski definition) is 2. The molecule has 6 heteroatoms. The number of hydrogen-bond donors (Lipinski definition) is 1. The van der Waals surface area contributed by atoms with Crippen molar-refractivity contribution in [1.82, 2.24) is 10.2 Å². The van der Waals surface area contributed by atoms with E-state index < -0.39 is 11.9 Å². The predicted octanol–water partition coefficient (Wildman–Crippen LogP) is 2.35. The number of nitrogens with one attached hydrogen (secondary N) is 1. The van der Waals surface area contributed by atoms with Crippen LogP contribution in [0.15, 0.2) is 18.2 Å². The van der Waals surface area contributed by atoms with Gasteiger partial charge in [-0.15, -0.1) is 0 Å². The van der Waals surface area contributed by atoms with Crippen molar-refractivity contribution in [2.45, 2.75) is 32.9 Å². The van der Waals surface area contributed by atoms with Crippen molar-refractivity contribution in [1.29, 1.82) is 0 Å². The van der Waals surface area contributed by atoms with Gasteiger partial charge in [-0.1, -0.05) is 31.5 Å². The molecule has 0 spiro atoms. The van der Waals surface area contributed by atoms with Crippen LogP contribution in [0.2, 0.25) is 5.02 Å². The Kier molecular flexibility index (Phi) is 4.83. The van der Waals surface area contributed by atoms with E-state index in [1.54, 1.807) is 6.07 Å². The Morgan fingerprint density at radius 2 is 2.14 bits per heavy atom. The van der Waals surface area contributed by atoms with Crippen LogP contribution < -0.4 is 5.32 Å². The van der Waals surface area contributed by atoms with Gasteiger partial charge < -0.3 is 10.2 Å². The SMILES string of the molecule is CC(C)CC1NC(=O)CN(Cc2ccc(Cl)cc2F)C1=O. The van der Waals surface area contributed by atoms with Gasteiger partial charge in [0.25, 0.3) is 0 Å². The summed E-state index contributed by atoms with van der Waals surface area (Å²) >= 11 is 5.71. The zero-order valence-electron chi connectivity index (χ0n) is 12.0. The second-order valence-electron chi connectivity index (χ2n) is 5.68. The average molecular weight is 313 g/mol. The second kappa shape index (κ2) is 6.43. The third-order valence-electron chi connectivity index (χ3n) is 3.36. The van der Waals surface area contributed by atoms with E-state index in [2.05, 4.69) is 5.32 Å². The van der Waals surface area contributed by atoms with Crippen molar-refractivity contribution in [2.24, 2.45) is 5.92 Å². The Balaban J connectivity index is 2.14. The van der Waals surface area contributed by atoms with E-state index in [0.29, 0.717) is 17.0 Å². The van der Waals surface area contributed by atoms with E-state index in [-0.39, 0.29) is 30.8 Å². The lowest BCUT2D eigenvalue weighted by Crippen LogP contribution is -2.57. The summed E-state index contributed by atoms with van der Waals surface area (Å²) in [5, 5.41) is 2.99. The van der Waals surface area contributed by atoms with Crippen molar-refractivity contribution >= 4 is 23.4 Å². The summed E-state index contributed by atoms with van der Waals surface area (Å²) in [4.78, 5) is 25.5. The fraction of sp³-hybridized carbons (Fsp3) is 0.467. The fourth-order valence-electron chi connectivity index (χ4n) is 2.39. The zero-order chi connectivity index (χ0) is 15.6. The van der Waals surface area contributed by atoms with E-state index >= 15 is 0 Å². The molecule has 1 heterocycles. The van der Waals surface area contributed by atoms with Crippen molar-refractivity contribution < 1.29 is 14.0 Å². The summed E-state index contributed by atoms with van der Waals surface area (Å²) in [6.07, 6.45) is 0.574. The van der Waals surface area contributed by atoms with Gasteiger partial charge in [0.15, 0.2) is 0 Å². The number of carbonyl (C=O) groups is 2. The first-order valence-corrected chi connectivity index (χ1v) is 7.26. The third-order valence-corrected chi connectivity index (χ3v) is 3.60. The first-order chi connectivity index (χ1) is 9.86. The minimum atomic E-state index is -0.526. The first kappa shape index (κ1) is 15.8. The van der Waals surface area contributed by atoms with Crippen LogP contribution in [0.25, 0.3) is 0 Å². The quantitative estimate of drug-likeness (QED) is 0.928. The number of benzene rings is 1. The molecule has 4 nitrogen and oxygen atoms in total. The molecule has 0 saturated carbocycles. The number of halogens is 2. The van der Waals surface area contributed by atoms with Gasteiger partial charge in [0, 0.05) is 17.1 Å². The van der Waals surface area contributed by atoms with E-state index in [4.69, 9.17) is 11.6 Å². The number of piperazine rings is 1. The molecule has 1 aromatic rings. The summed E-state index contributed by atoms with van der Waals surface area (Å²) in [5.41, 5.74) is 0.353. The smallest absolute Gasteiger partial charge is 0.245 e. The molecule has 1 aliphatic heterocycles. The molecule has 1 N–H and O–H groups in total. The summed E-state index contributed by atoms with van der Waals surface area (Å²) in [6, 6.07) is 3.79. The summed E-state index contributed by atoms with van der Waals surface area (Å²) in [7, 11) is 0. The highest BCUT2D eigenvalue weighted by Crippen LogP contribution is 2.19. The highest BCUT2D eigenvalue weighted by atomic mass is 35.5. The van der Waals surface area contributed by atoms with E-state index in [1.165, 1.54) is 17.0 Å². The molecule has 1 aromatic carbocycles. The lowest BCUT2D eigenvalue weighted by molar-refractivity contribution is -0.145. The van der Waals surface area contributed by atoms with E-state index in [0.717, 1.165) is 0 Å². The normalized spacial score (nSPS) is 19.1. The molecule has 1 unspecified atom stereocenters. The van der Waals surface area contributed by atoms with Crippen LogP contribution in [0.4, 0.5) is 4.39 Å². The van der Waals surface area contributed by atoms with Gasteiger partial charge in [-0.2, -0.15) is 0 Å². The predicted molar refractivity (Wildman–Crippen MR) is 78.2 cm³/mol. The minimum absolute atomic E-state index is 0.0461. The van der Waals surface area contributed by atoms with Gasteiger partial charge in [0.05, 0.1) is 6.54 Å². The highest BCUT2D eigenvalue weighted by molar-refractivity contribution is 6.30. The van der Waals surface area contributed by atoms with Gasteiger partial charge in [0.2, 0.25) is 11.8 Å². The highest BCUT2D eigenvalue weighted by Gasteiger charge is 2.33. The molecule has 2 rings (SSSR count). The molecule has 114 valence electrons. The standard InChI is InChI=1S/C15H18ClFN2O2/c1-9(2)5-13-15(21)19(8-14(20)18-13)7-10-3-4-11(16)6-12(10)17/h3-4,6,9,13H,5,7-8H2,1-2H3,(H,18,20). The minimum Gasteiger partial charge on any atom is -0.343 e. The van der Waals surface area contributed by atoms with Gasteiger partial charge >= 0.3 is 0 Å². The van der Waals surface area contributed by atoms with Crippen LogP contribution in [0, 0.1) is 11.7 Å². The van der Waals surface area contributed by atoms with Crippen LogP contribution in [-0.2, 0) is 16.1 Å². The largest absolute Gasteiger partial charge is 0.343 e. The lowest BCUT2D eigenvalue weighted by Gasteiger charge is -2.33. The first-order valence-electron chi connectivity index (χ1n) is 6.89. The Hall–Kier alpha value is -1.62. The molecule has 1 atom stereocenters. The molecule has 1 aliphatic rings. The number of amides is 2.